The molecular weight excluding hydrogens is 455 g/mol. The van der Waals surface area contributed by atoms with E-state index in [2.05, 4.69) is 12.1 Å². The topological polar surface area (TPSA) is 70.5 Å². The standard InChI is InChI=1S/C27H24Cl2N2O2/c1-16-11-18(14-24(28)26(16)32-22-7-3-20(30)4-8-22)13-19-12-17(2)27(25(29)15-19)33-23-9-5-21(31)6-10-23/h3-12,14-15H,13,30-31H2,1-2H3. The molecule has 33 heavy (non-hydrogen) atoms. The minimum absolute atomic E-state index is 0.549. The molecule has 0 aliphatic carbocycles. The van der Waals surface area contributed by atoms with E-state index in [0.717, 1.165) is 22.3 Å². The Labute approximate surface area is 203 Å². The Morgan fingerprint density at radius 1 is 0.606 bits per heavy atom. The van der Waals surface area contributed by atoms with Crippen molar-refractivity contribution >= 4 is 34.6 Å². The van der Waals surface area contributed by atoms with Gasteiger partial charge in [0, 0.05) is 11.4 Å². The molecule has 0 radical (unpaired) electrons. The number of hydrogen-bond acceptors (Lipinski definition) is 4. The molecule has 4 aromatic rings. The largest absolute Gasteiger partial charge is 0.456 e. The van der Waals surface area contributed by atoms with Crippen LogP contribution in [-0.4, -0.2) is 0 Å². The van der Waals surface area contributed by atoms with Gasteiger partial charge in [-0.3, -0.25) is 0 Å². The molecule has 6 heteroatoms. The quantitative estimate of drug-likeness (QED) is 0.275. The van der Waals surface area contributed by atoms with Crippen LogP contribution in [0.4, 0.5) is 11.4 Å². The first-order valence-corrected chi connectivity index (χ1v) is 11.2. The molecule has 0 bridgehead atoms. The number of nitrogens with two attached hydrogens (primary N) is 2. The van der Waals surface area contributed by atoms with Crippen molar-refractivity contribution in [2.45, 2.75) is 20.3 Å². The number of anilines is 2. The highest BCUT2D eigenvalue weighted by molar-refractivity contribution is 6.32. The SMILES string of the molecule is Cc1cc(Cc2cc(C)c(Oc3ccc(N)cc3)c(Cl)c2)cc(Cl)c1Oc1ccc(N)cc1. The van der Waals surface area contributed by atoms with E-state index >= 15 is 0 Å². The van der Waals surface area contributed by atoms with E-state index in [1.54, 1.807) is 24.3 Å². The monoisotopic (exact) mass is 478 g/mol. The highest BCUT2D eigenvalue weighted by Crippen LogP contribution is 2.37. The summed E-state index contributed by atoms with van der Waals surface area (Å²) in [6, 6.07) is 22.4. The second kappa shape index (κ2) is 9.65. The van der Waals surface area contributed by atoms with Crippen molar-refractivity contribution in [3.63, 3.8) is 0 Å². The second-order valence-electron chi connectivity index (χ2n) is 7.97. The lowest BCUT2D eigenvalue weighted by atomic mass is 10.0. The summed E-state index contributed by atoms with van der Waals surface area (Å²) < 4.78 is 12.0. The molecule has 0 spiro atoms. The van der Waals surface area contributed by atoms with Crippen LogP contribution in [0.15, 0.2) is 72.8 Å². The van der Waals surface area contributed by atoms with Gasteiger partial charge in [-0.25, -0.2) is 0 Å². The van der Waals surface area contributed by atoms with E-state index in [1.165, 1.54) is 0 Å². The summed E-state index contributed by atoms with van der Waals surface area (Å²) in [4.78, 5) is 0. The fourth-order valence-corrected chi connectivity index (χ4v) is 4.27. The molecule has 4 nitrogen and oxygen atoms in total. The molecule has 0 fully saturated rings. The van der Waals surface area contributed by atoms with Gasteiger partial charge in [0.2, 0.25) is 0 Å². The minimum Gasteiger partial charge on any atom is -0.456 e. The molecule has 4 aromatic carbocycles. The Hall–Kier alpha value is -3.34. The summed E-state index contributed by atoms with van der Waals surface area (Å²) in [5.41, 5.74) is 16.9. The van der Waals surface area contributed by atoms with Gasteiger partial charge in [-0.2, -0.15) is 0 Å². The smallest absolute Gasteiger partial charge is 0.148 e. The van der Waals surface area contributed by atoms with Gasteiger partial charge in [0.25, 0.3) is 0 Å². The third-order valence-electron chi connectivity index (χ3n) is 5.19. The van der Waals surface area contributed by atoms with Crippen LogP contribution in [0.1, 0.15) is 22.3 Å². The zero-order valence-corrected chi connectivity index (χ0v) is 19.9. The number of halogens is 2. The summed E-state index contributed by atoms with van der Waals surface area (Å²) in [6.07, 6.45) is 0.672. The minimum atomic E-state index is 0.549. The van der Waals surface area contributed by atoms with Crippen molar-refractivity contribution in [1.29, 1.82) is 0 Å². The van der Waals surface area contributed by atoms with Crippen LogP contribution in [0, 0.1) is 13.8 Å². The Morgan fingerprint density at radius 3 is 1.30 bits per heavy atom. The lowest BCUT2D eigenvalue weighted by Crippen LogP contribution is -1.96. The van der Waals surface area contributed by atoms with Crippen LogP contribution in [0.5, 0.6) is 23.0 Å². The number of aryl methyl sites for hydroxylation is 2. The average Bonchev–Trinajstić information content (AvgIpc) is 2.76. The summed E-state index contributed by atoms with van der Waals surface area (Å²) in [7, 11) is 0. The van der Waals surface area contributed by atoms with E-state index in [-0.39, 0.29) is 0 Å². The molecule has 0 amide bonds. The zero-order chi connectivity index (χ0) is 23.5. The first kappa shape index (κ1) is 22.8. The Morgan fingerprint density at radius 2 is 0.970 bits per heavy atom. The fraction of sp³-hybridized carbons (Fsp3) is 0.111. The molecular formula is C27H24Cl2N2O2. The normalized spacial score (nSPS) is 10.8. The molecule has 0 aliphatic heterocycles. The van der Waals surface area contributed by atoms with Gasteiger partial charge in [0.05, 0.1) is 10.0 Å². The van der Waals surface area contributed by atoms with E-state index < -0.39 is 0 Å². The maximum atomic E-state index is 6.57. The molecule has 0 saturated carbocycles. The summed E-state index contributed by atoms with van der Waals surface area (Å²) >= 11 is 13.1. The van der Waals surface area contributed by atoms with Crippen molar-refractivity contribution in [2.75, 3.05) is 11.5 Å². The lowest BCUT2D eigenvalue weighted by Gasteiger charge is -2.15. The molecule has 4 rings (SSSR count). The Balaban J connectivity index is 1.53. The summed E-state index contributed by atoms with van der Waals surface area (Å²) in [5.74, 6) is 2.63. The van der Waals surface area contributed by atoms with Crippen molar-refractivity contribution < 1.29 is 9.47 Å². The van der Waals surface area contributed by atoms with E-state index in [1.807, 2.05) is 50.2 Å². The van der Waals surface area contributed by atoms with Crippen molar-refractivity contribution in [3.05, 3.63) is 105 Å². The first-order chi connectivity index (χ1) is 15.8. The van der Waals surface area contributed by atoms with Crippen LogP contribution >= 0.6 is 23.2 Å². The predicted octanol–water partition coefficient (Wildman–Crippen LogP) is 7.95. The van der Waals surface area contributed by atoms with Crippen LogP contribution in [0.2, 0.25) is 10.0 Å². The molecule has 0 aromatic heterocycles. The van der Waals surface area contributed by atoms with Gasteiger partial charge in [-0.05, 0) is 103 Å². The number of hydrogen-bond donors (Lipinski definition) is 2. The van der Waals surface area contributed by atoms with Crippen molar-refractivity contribution in [2.24, 2.45) is 0 Å². The van der Waals surface area contributed by atoms with Gasteiger partial charge < -0.3 is 20.9 Å². The molecule has 0 atom stereocenters. The van der Waals surface area contributed by atoms with Crippen LogP contribution < -0.4 is 20.9 Å². The fourth-order valence-electron chi connectivity index (χ4n) is 3.61. The van der Waals surface area contributed by atoms with Crippen LogP contribution in [0.3, 0.4) is 0 Å². The highest BCUT2D eigenvalue weighted by atomic mass is 35.5. The first-order valence-electron chi connectivity index (χ1n) is 10.4. The molecule has 0 heterocycles. The zero-order valence-electron chi connectivity index (χ0n) is 18.4. The van der Waals surface area contributed by atoms with E-state index in [9.17, 15) is 0 Å². The number of benzene rings is 4. The van der Waals surface area contributed by atoms with Gasteiger partial charge in [-0.1, -0.05) is 35.3 Å². The Bertz CT molecular complexity index is 1140. The third kappa shape index (κ3) is 5.54. The molecule has 0 unspecified atom stereocenters. The summed E-state index contributed by atoms with van der Waals surface area (Å²) in [6.45, 7) is 3.95. The van der Waals surface area contributed by atoms with Gasteiger partial charge in [0.1, 0.15) is 23.0 Å². The van der Waals surface area contributed by atoms with Gasteiger partial charge in [-0.15, -0.1) is 0 Å². The summed E-state index contributed by atoms with van der Waals surface area (Å²) in [5, 5.41) is 1.10. The lowest BCUT2D eigenvalue weighted by molar-refractivity contribution is 0.479. The van der Waals surface area contributed by atoms with Crippen molar-refractivity contribution in [3.8, 4) is 23.0 Å². The molecule has 4 N–H and O–H groups in total. The van der Waals surface area contributed by atoms with E-state index in [4.69, 9.17) is 44.1 Å². The Kier molecular flexibility index (Phi) is 6.68. The molecule has 0 saturated heterocycles. The maximum absolute atomic E-state index is 6.57. The maximum Gasteiger partial charge on any atom is 0.148 e. The molecule has 0 aliphatic rings. The number of ether oxygens (including phenoxy) is 2. The predicted molar refractivity (Wildman–Crippen MR) is 137 cm³/mol. The van der Waals surface area contributed by atoms with Crippen molar-refractivity contribution in [1.82, 2.24) is 0 Å². The average molecular weight is 479 g/mol. The van der Waals surface area contributed by atoms with Gasteiger partial charge in [0.15, 0.2) is 0 Å². The second-order valence-corrected chi connectivity index (χ2v) is 8.78. The number of nitrogen functional groups attached to an aromatic ring is 2. The van der Waals surface area contributed by atoms with Crippen LogP contribution in [0.25, 0.3) is 0 Å². The van der Waals surface area contributed by atoms with Crippen LogP contribution in [-0.2, 0) is 6.42 Å². The number of rotatable bonds is 6. The highest BCUT2D eigenvalue weighted by Gasteiger charge is 2.13. The van der Waals surface area contributed by atoms with Gasteiger partial charge >= 0.3 is 0 Å². The van der Waals surface area contributed by atoms with E-state index in [0.29, 0.717) is 50.8 Å². The third-order valence-corrected chi connectivity index (χ3v) is 5.75. The molecule has 168 valence electrons.